The molecule has 0 aromatic carbocycles. The molecule has 15 heavy (non-hydrogen) atoms. The van der Waals surface area contributed by atoms with Gasteiger partial charge in [-0.2, -0.15) is 9.64 Å². The van der Waals surface area contributed by atoms with Gasteiger partial charge < -0.3 is 16.4 Å². The largest absolute Gasteiger partial charge is 0.373 e. The molecule has 0 unspecified atom stereocenters. The van der Waals surface area contributed by atoms with Crippen LogP contribution in [-0.4, -0.2) is 23.5 Å². The Kier molecular flexibility index (Phi) is 3.88. The Labute approximate surface area is 91.3 Å². The predicted molar refractivity (Wildman–Crippen MR) is 57.6 cm³/mol. The van der Waals surface area contributed by atoms with Crippen molar-refractivity contribution in [1.82, 2.24) is 9.69 Å². The number of hydrogen-bond acceptors (Lipinski definition) is 5. The monoisotopic (exact) mass is 225 g/mol. The van der Waals surface area contributed by atoms with Crippen LogP contribution in [0.5, 0.6) is 0 Å². The number of nitrogens with two attached hydrogens (primary N) is 1. The number of primary amides is 1. The highest BCUT2D eigenvalue weighted by Gasteiger charge is 2.08. The first-order chi connectivity index (χ1) is 7.15. The third-order valence-corrected chi connectivity index (χ3v) is 2.58. The van der Waals surface area contributed by atoms with Crippen LogP contribution in [0.25, 0.3) is 0 Å². The Bertz CT molecular complexity index is 394. The molecular formula is C8H11N5OS. The number of anilines is 1. The number of aromatic nitrogens is 1. The number of nitrogens with one attached hydrogen (secondary N) is 2. The van der Waals surface area contributed by atoms with E-state index >= 15 is 0 Å². The second-order valence-electron chi connectivity index (χ2n) is 2.80. The van der Waals surface area contributed by atoms with Gasteiger partial charge in [0.05, 0.1) is 5.69 Å². The number of carbonyl (C=O) groups is 1. The van der Waals surface area contributed by atoms with Gasteiger partial charge >= 0.3 is 6.03 Å². The molecule has 1 heterocycles. The van der Waals surface area contributed by atoms with E-state index in [0.717, 1.165) is 5.00 Å². The van der Waals surface area contributed by atoms with Gasteiger partial charge in [-0.15, -0.1) is 0 Å². The maximum Gasteiger partial charge on any atom is 0.312 e. The zero-order valence-corrected chi connectivity index (χ0v) is 9.02. The van der Waals surface area contributed by atoms with Crippen molar-refractivity contribution in [3.05, 3.63) is 11.3 Å². The van der Waals surface area contributed by atoms with E-state index in [1.165, 1.54) is 11.5 Å². The van der Waals surface area contributed by atoms with Crippen LogP contribution < -0.4 is 16.4 Å². The lowest BCUT2D eigenvalue weighted by molar-refractivity contribution is 0.249. The summed E-state index contributed by atoms with van der Waals surface area (Å²) in [5.41, 5.74) is 6.16. The normalized spacial score (nSPS) is 9.33. The molecule has 0 aliphatic carbocycles. The fraction of sp³-hybridized carbons (Fsp3) is 0.375. The smallest absolute Gasteiger partial charge is 0.312 e. The summed E-state index contributed by atoms with van der Waals surface area (Å²) in [4.78, 5) is 10.4. The van der Waals surface area contributed by atoms with Crippen LogP contribution in [0.1, 0.15) is 11.3 Å². The summed E-state index contributed by atoms with van der Waals surface area (Å²) in [6, 6.07) is 1.51. The highest BCUT2D eigenvalue weighted by atomic mass is 32.1. The van der Waals surface area contributed by atoms with Gasteiger partial charge in [-0.25, -0.2) is 4.79 Å². The first-order valence-electron chi connectivity index (χ1n) is 4.28. The number of nitriles is 1. The number of hydrogen-bond donors (Lipinski definition) is 3. The minimum atomic E-state index is -0.558. The molecule has 80 valence electrons. The van der Waals surface area contributed by atoms with Crippen LogP contribution in [0.3, 0.4) is 0 Å². The first kappa shape index (κ1) is 11.3. The molecule has 4 N–H and O–H groups in total. The fourth-order valence-corrected chi connectivity index (χ4v) is 1.75. The maximum atomic E-state index is 10.4. The molecule has 0 radical (unpaired) electrons. The zero-order valence-electron chi connectivity index (χ0n) is 8.20. The van der Waals surface area contributed by atoms with Gasteiger partial charge in [0.1, 0.15) is 16.6 Å². The molecule has 1 aromatic heterocycles. The second kappa shape index (κ2) is 5.17. The standard InChI is InChI=1S/C8H11N5OS/c1-5-6(4-9)7(15-13-5)11-2-3-12-8(10)14/h11H,2-3H2,1H3,(H3,10,12,14). The minimum Gasteiger partial charge on any atom is -0.373 e. The number of amides is 2. The van der Waals surface area contributed by atoms with E-state index in [1.807, 2.05) is 0 Å². The van der Waals surface area contributed by atoms with Gasteiger partial charge in [0.15, 0.2) is 0 Å². The lowest BCUT2D eigenvalue weighted by Gasteiger charge is -2.03. The molecule has 0 aliphatic rings. The molecule has 0 atom stereocenters. The summed E-state index contributed by atoms with van der Waals surface area (Å²) in [6.45, 7) is 2.71. The Balaban J connectivity index is 2.45. The van der Waals surface area contributed by atoms with E-state index in [0.29, 0.717) is 24.3 Å². The van der Waals surface area contributed by atoms with Crippen molar-refractivity contribution in [3.8, 4) is 6.07 Å². The average Bonchev–Trinajstić information content (AvgIpc) is 2.53. The van der Waals surface area contributed by atoms with Crippen molar-refractivity contribution < 1.29 is 4.79 Å². The van der Waals surface area contributed by atoms with Gasteiger partial charge in [-0.1, -0.05) is 0 Å². The molecular weight excluding hydrogens is 214 g/mol. The molecule has 0 saturated carbocycles. The highest BCUT2D eigenvalue weighted by Crippen LogP contribution is 2.22. The Morgan fingerprint density at radius 3 is 3.00 bits per heavy atom. The fourth-order valence-electron chi connectivity index (χ4n) is 0.984. The van der Waals surface area contributed by atoms with Crippen LogP contribution in [0.15, 0.2) is 0 Å². The van der Waals surface area contributed by atoms with E-state index in [-0.39, 0.29) is 0 Å². The lowest BCUT2D eigenvalue weighted by atomic mass is 10.3. The summed E-state index contributed by atoms with van der Waals surface area (Å²) in [5, 5.41) is 15.0. The number of aryl methyl sites for hydroxylation is 1. The number of carbonyl (C=O) groups excluding carboxylic acids is 1. The SMILES string of the molecule is Cc1nsc(NCCNC(N)=O)c1C#N. The summed E-state index contributed by atoms with van der Waals surface area (Å²) >= 11 is 1.23. The predicted octanol–water partition coefficient (Wildman–Crippen LogP) is 0.403. The zero-order chi connectivity index (χ0) is 11.3. The van der Waals surface area contributed by atoms with E-state index in [4.69, 9.17) is 11.0 Å². The Hall–Kier alpha value is -1.81. The molecule has 6 nitrogen and oxygen atoms in total. The summed E-state index contributed by atoms with van der Waals surface area (Å²) in [5.74, 6) is 0. The molecule has 0 fully saturated rings. The molecule has 0 bridgehead atoms. The molecule has 7 heteroatoms. The van der Waals surface area contributed by atoms with Crippen molar-refractivity contribution >= 4 is 22.6 Å². The molecule has 1 rings (SSSR count). The van der Waals surface area contributed by atoms with Crippen LogP contribution >= 0.6 is 11.5 Å². The van der Waals surface area contributed by atoms with Crippen LogP contribution in [0.4, 0.5) is 9.80 Å². The summed E-state index contributed by atoms with van der Waals surface area (Å²) in [6.07, 6.45) is 0. The number of nitrogens with zero attached hydrogens (tertiary/aromatic N) is 2. The van der Waals surface area contributed by atoms with Crippen molar-refractivity contribution in [2.45, 2.75) is 6.92 Å². The maximum absolute atomic E-state index is 10.4. The summed E-state index contributed by atoms with van der Waals surface area (Å²) in [7, 11) is 0. The number of rotatable bonds is 4. The molecule has 0 spiro atoms. The van der Waals surface area contributed by atoms with Gasteiger partial charge in [-0.05, 0) is 18.5 Å². The van der Waals surface area contributed by atoms with Gasteiger partial charge in [-0.3, -0.25) is 0 Å². The van der Waals surface area contributed by atoms with Crippen molar-refractivity contribution in [2.75, 3.05) is 18.4 Å². The minimum absolute atomic E-state index is 0.414. The molecule has 0 aliphatic heterocycles. The molecule has 2 amide bonds. The third kappa shape index (κ3) is 3.11. The third-order valence-electron chi connectivity index (χ3n) is 1.68. The van der Waals surface area contributed by atoms with Gasteiger partial charge in [0.25, 0.3) is 0 Å². The van der Waals surface area contributed by atoms with E-state index < -0.39 is 6.03 Å². The van der Waals surface area contributed by atoms with Gasteiger partial charge in [0, 0.05) is 13.1 Å². The van der Waals surface area contributed by atoms with Crippen LogP contribution in [0, 0.1) is 18.3 Å². The van der Waals surface area contributed by atoms with E-state index in [9.17, 15) is 4.79 Å². The van der Waals surface area contributed by atoms with E-state index in [1.54, 1.807) is 6.92 Å². The second-order valence-corrected chi connectivity index (χ2v) is 3.58. The number of urea groups is 1. The summed E-state index contributed by atoms with van der Waals surface area (Å²) < 4.78 is 4.05. The van der Waals surface area contributed by atoms with E-state index in [2.05, 4.69) is 21.1 Å². The first-order valence-corrected chi connectivity index (χ1v) is 5.06. The average molecular weight is 225 g/mol. The molecule has 0 saturated heterocycles. The van der Waals surface area contributed by atoms with Crippen LogP contribution in [0.2, 0.25) is 0 Å². The topological polar surface area (TPSA) is 104 Å². The highest BCUT2D eigenvalue weighted by molar-refractivity contribution is 7.10. The van der Waals surface area contributed by atoms with Gasteiger partial charge in [0.2, 0.25) is 0 Å². The quantitative estimate of drug-likeness (QED) is 0.645. The Morgan fingerprint density at radius 2 is 2.40 bits per heavy atom. The lowest BCUT2D eigenvalue weighted by Crippen LogP contribution is -2.33. The van der Waals surface area contributed by atoms with Crippen LogP contribution in [-0.2, 0) is 0 Å². The van der Waals surface area contributed by atoms with Crippen molar-refractivity contribution in [3.63, 3.8) is 0 Å². The Morgan fingerprint density at radius 1 is 1.67 bits per heavy atom. The molecule has 1 aromatic rings. The van der Waals surface area contributed by atoms with Crippen molar-refractivity contribution in [2.24, 2.45) is 5.73 Å². The van der Waals surface area contributed by atoms with Crippen molar-refractivity contribution in [1.29, 1.82) is 5.26 Å².